The van der Waals surface area contributed by atoms with E-state index in [4.69, 9.17) is 0 Å². The molecule has 0 unspecified atom stereocenters. The normalized spacial score (nSPS) is 10.5. The first-order valence-electron chi connectivity index (χ1n) is 5.84. The highest BCUT2D eigenvalue weighted by Gasteiger charge is 2.22. The number of carbonyl (C=O) groups excluding carboxylic acids is 1. The molecule has 86 valence electrons. The van der Waals surface area contributed by atoms with Crippen LogP contribution in [0.1, 0.15) is 13.3 Å². The number of nitrogens with one attached hydrogen (secondary N) is 1. The second-order valence-corrected chi connectivity index (χ2v) is 3.88. The predicted molar refractivity (Wildman–Crippen MR) is 68.5 cm³/mol. The molecule has 0 bridgehead atoms. The second-order valence-electron chi connectivity index (χ2n) is 3.88. The number of rotatable bonds is 3. The van der Waals surface area contributed by atoms with Crippen LogP contribution in [0.15, 0.2) is 60.7 Å². The number of carbonyl (C=O) groups is 1. The van der Waals surface area contributed by atoms with Gasteiger partial charge in [0.05, 0.1) is 6.42 Å². The Balaban J connectivity index is 2.43. The molecule has 0 aromatic heterocycles. The maximum absolute atomic E-state index is 12.1. The molecule has 0 spiro atoms. The van der Waals surface area contributed by atoms with Gasteiger partial charge in [-0.25, -0.2) is 9.69 Å². The van der Waals surface area contributed by atoms with Crippen LogP contribution in [-0.2, 0) is 4.79 Å². The van der Waals surface area contributed by atoms with Crippen LogP contribution in [0.3, 0.4) is 0 Å². The second kappa shape index (κ2) is 5.41. The molecule has 1 amide bonds. The van der Waals surface area contributed by atoms with Crippen molar-refractivity contribution in [2.45, 2.75) is 13.3 Å². The Bertz CT molecular complexity index is 439. The Morgan fingerprint density at radius 3 is 1.65 bits per heavy atom. The lowest BCUT2D eigenvalue weighted by Crippen LogP contribution is -3.05. The minimum Gasteiger partial charge on any atom is -0.230 e. The largest absolute Gasteiger partial charge is 0.321 e. The molecule has 0 radical (unpaired) electrons. The van der Waals surface area contributed by atoms with Gasteiger partial charge in [0, 0.05) is 0 Å². The van der Waals surface area contributed by atoms with E-state index >= 15 is 0 Å². The van der Waals surface area contributed by atoms with Crippen molar-refractivity contribution in [2.75, 3.05) is 0 Å². The predicted octanol–water partition coefficient (Wildman–Crippen LogP) is 2.47. The van der Waals surface area contributed by atoms with Crippen molar-refractivity contribution in [1.82, 2.24) is 0 Å². The van der Waals surface area contributed by atoms with Gasteiger partial charge in [-0.05, 0) is 24.3 Å². The minimum atomic E-state index is 0.183. The highest BCUT2D eigenvalue weighted by molar-refractivity contribution is 5.72. The van der Waals surface area contributed by atoms with Crippen molar-refractivity contribution in [3.05, 3.63) is 60.7 Å². The van der Waals surface area contributed by atoms with Gasteiger partial charge >= 0.3 is 5.91 Å². The number of benzene rings is 2. The van der Waals surface area contributed by atoms with E-state index < -0.39 is 0 Å². The van der Waals surface area contributed by atoms with E-state index in [0.717, 1.165) is 16.3 Å². The van der Waals surface area contributed by atoms with Crippen molar-refractivity contribution in [3.8, 4) is 0 Å². The monoisotopic (exact) mass is 226 g/mol. The zero-order valence-corrected chi connectivity index (χ0v) is 9.89. The molecule has 0 aliphatic carbocycles. The molecule has 0 aliphatic rings. The Morgan fingerprint density at radius 1 is 0.882 bits per heavy atom. The van der Waals surface area contributed by atoms with Crippen LogP contribution in [0, 0.1) is 0 Å². The fourth-order valence-electron chi connectivity index (χ4n) is 1.88. The first-order chi connectivity index (χ1) is 8.33. The number of para-hydroxylation sites is 2. The maximum atomic E-state index is 12.1. The standard InChI is InChI=1S/C15H15NO/c1-2-15(17)16(13-9-5-3-6-10-13)14-11-7-4-8-12-14/h3-12H,2H2,1H3/p+1. The fraction of sp³-hybridized carbons (Fsp3) is 0.133. The van der Waals surface area contributed by atoms with Crippen molar-refractivity contribution < 1.29 is 9.69 Å². The summed E-state index contributed by atoms with van der Waals surface area (Å²) in [5, 5.41) is 0. The Hall–Kier alpha value is -1.93. The first kappa shape index (κ1) is 11.6. The number of quaternary nitrogens is 1. The van der Waals surface area contributed by atoms with Crippen LogP contribution in [0.5, 0.6) is 0 Å². The van der Waals surface area contributed by atoms with E-state index in [1.54, 1.807) is 0 Å². The highest BCUT2D eigenvalue weighted by Crippen LogP contribution is 2.07. The topological polar surface area (TPSA) is 21.5 Å². The summed E-state index contributed by atoms with van der Waals surface area (Å²) in [6.45, 7) is 1.90. The van der Waals surface area contributed by atoms with Crippen LogP contribution in [0.25, 0.3) is 0 Å². The number of amides is 1. The highest BCUT2D eigenvalue weighted by atomic mass is 16.2. The van der Waals surface area contributed by atoms with E-state index in [-0.39, 0.29) is 5.91 Å². The zero-order chi connectivity index (χ0) is 12.1. The Morgan fingerprint density at radius 2 is 1.29 bits per heavy atom. The molecule has 0 aliphatic heterocycles. The summed E-state index contributed by atoms with van der Waals surface area (Å²) in [5.74, 6) is 0.183. The van der Waals surface area contributed by atoms with Gasteiger partial charge in [-0.1, -0.05) is 43.3 Å². The summed E-state index contributed by atoms with van der Waals surface area (Å²) in [6, 6.07) is 19.7. The van der Waals surface area contributed by atoms with Gasteiger partial charge in [-0.2, -0.15) is 0 Å². The quantitative estimate of drug-likeness (QED) is 0.853. The third-order valence-corrected chi connectivity index (χ3v) is 2.72. The van der Waals surface area contributed by atoms with Gasteiger partial charge in [0.15, 0.2) is 0 Å². The van der Waals surface area contributed by atoms with Crippen molar-refractivity contribution in [1.29, 1.82) is 0 Å². The van der Waals surface area contributed by atoms with Crippen LogP contribution in [0.2, 0.25) is 0 Å². The zero-order valence-electron chi connectivity index (χ0n) is 9.89. The third kappa shape index (κ3) is 2.60. The molecule has 0 heterocycles. The molecule has 0 saturated heterocycles. The van der Waals surface area contributed by atoms with Gasteiger partial charge in [-0.15, -0.1) is 0 Å². The molecule has 17 heavy (non-hydrogen) atoms. The van der Waals surface area contributed by atoms with Crippen LogP contribution in [0.4, 0.5) is 11.4 Å². The SMILES string of the molecule is CCC(=O)[NH+](c1ccccc1)c1ccccc1. The summed E-state index contributed by atoms with van der Waals surface area (Å²) in [5.41, 5.74) is 1.98. The molecule has 2 nitrogen and oxygen atoms in total. The van der Waals surface area contributed by atoms with Crippen molar-refractivity contribution in [2.24, 2.45) is 0 Å². The number of hydrogen-bond donors (Lipinski definition) is 1. The summed E-state index contributed by atoms with van der Waals surface area (Å²) < 4.78 is 0. The summed E-state index contributed by atoms with van der Waals surface area (Å²) in [6.07, 6.45) is 0.527. The van der Waals surface area contributed by atoms with Gasteiger partial charge in [-0.3, -0.25) is 0 Å². The molecule has 0 atom stereocenters. The summed E-state index contributed by atoms with van der Waals surface area (Å²) in [4.78, 5) is 12.9. The van der Waals surface area contributed by atoms with E-state index in [1.165, 1.54) is 0 Å². The molecule has 0 fully saturated rings. The third-order valence-electron chi connectivity index (χ3n) is 2.72. The van der Waals surface area contributed by atoms with E-state index in [9.17, 15) is 4.79 Å². The minimum absolute atomic E-state index is 0.183. The molecule has 2 aromatic rings. The average Bonchev–Trinajstić information content (AvgIpc) is 2.41. The lowest BCUT2D eigenvalue weighted by Gasteiger charge is -2.15. The summed E-state index contributed by atoms with van der Waals surface area (Å²) in [7, 11) is 0. The molecule has 2 aromatic carbocycles. The van der Waals surface area contributed by atoms with Crippen molar-refractivity contribution >= 4 is 17.3 Å². The van der Waals surface area contributed by atoms with Gasteiger partial charge in [0.2, 0.25) is 0 Å². The first-order valence-corrected chi connectivity index (χ1v) is 5.84. The van der Waals surface area contributed by atoms with Gasteiger partial charge in [0.1, 0.15) is 11.4 Å². The Labute approximate surface area is 102 Å². The van der Waals surface area contributed by atoms with Crippen LogP contribution in [-0.4, -0.2) is 5.91 Å². The maximum Gasteiger partial charge on any atom is 0.321 e. The smallest absolute Gasteiger partial charge is 0.230 e. The van der Waals surface area contributed by atoms with Crippen LogP contribution >= 0.6 is 0 Å². The molecular formula is C15H16NO+. The van der Waals surface area contributed by atoms with E-state index in [1.807, 2.05) is 67.6 Å². The van der Waals surface area contributed by atoms with Gasteiger partial charge < -0.3 is 0 Å². The lowest BCUT2D eigenvalue weighted by molar-refractivity contribution is -0.672. The summed E-state index contributed by atoms with van der Waals surface area (Å²) >= 11 is 0. The Kier molecular flexibility index (Phi) is 3.68. The molecular weight excluding hydrogens is 210 g/mol. The molecule has 1 N–H and O–H groups in total. The molecule has 2 heteroatoms. The molecule has 2 rings (SSSR count). The van der Waals surface area contributed by atoms with Crippen LogP contribution < -0.4 is 4.90 Å². The van der Waals surface area contributed by atoms with E-state index in [0.29, 0.717) is 6.42 Å². The van der Waals surface area contributed by atoms with Crippen molar-refractivity contribution in [3.63, 3.8) is 0 Å². The molecule has 0 saturated carbocycles. The van der Waals surface area contributed by atoms with E-state index in [2.05, 4.69) is 0 Å². The number of hydrogen-bond acceptors (Lipinski definition) is 1. The fourth-order valence-corrected chi connectivity index (χ4v) is 1.88. The average molecular weight is 226 g/mol. The van der Waals surface area contributed by atoms with Gasteiger partial charge in [0.25, 0.3) is 0 Å². The lowest BCUT2D eigenvalue weighted by atomic mass is 10.2.